The number of carbonyl (C=O) groups is 1. The van der Waals surface area contributed by atoms with Crippen LogP contribution in [0.15, 0.2) is 48.0 Å². The van der Waals surface area contributed by atoms with Crippen molar-refractivity contribution in [2.24, 2.45) is 0 Å². The normalized spacial score (nSPS) is 10.9. The lowest BCUT2D eigenvalue weighted by molar-refractivity contribution is -0.112. The minimum atomic E-state index is -0.426. The lowest BCUT2D eigenvalue weighted by Crippen LogP contribution is -2.15. The number of benzene rings is 2. The molecule has 0 atom stereocenters. The molecule has 25 heavy (non-hydrogen) atoms. The van der Waals surface area contributed by atoms with Gasteiger partial charge in [0.1, 0.15) is 17.4 Å². The molecule has 0 saturated carbocycles. The third-order valence-electron chi connectivity index (χ3n) is 3.77. The molecule has 0 spiro atoms. The van der Waals surface area contributed by atoms with Crippen LogP contribution in [0.4, 0.5) is 5.69 Å². The van der Waals surface area contributed by atoms with E-state index in [0.717, 1.165) is 23.2 Å². The van der Waals surface area contributed by atoms with Crippen molar-refractivity contribution in [3.8, 4) is 11.8 Å². The molecule has 2 aromatic rings. The van der Waals surface area contributed by atoms with E-state index >= 15 is 0 Å². The number of nitrogens with zero attached hydrogens (tertiary/aromatic N) is 1. The standard InChI is InChI=1S/C21H22N2O2/c1-4-12-25-19-11-6-5-10-17(19)13-18(14-22)21(24)23-20-15(2)8-7-9-16(20)3/h5-11,13H,4,12H2,1-3H3,(H,23,24)/b18-13+. The Bertz CT molecular complexity index is 812. The molecule has 0 bridgehead atoms. The maximum Gasteiger partial charge on any atom is 0.266 e. The fraction of sp³-hybridized carbons (Fsp3) is 0.238. The van der Waals surface area contributed by atoms with Gasteiger partial charge in [0.05, 0.1) is 6.61 Å². The summed E-state index contributed by atoms with van der Waals surface area (Å²) in [4.78, 5) is 12.5. The molecule has 0 unspecified atom stereocenters. The number of anilines is 1. The van der Waals surface area contributed by atoms with E-state index in [2.05, 4.69) is 5.32 Å². The molecule has 0 aliphatic carbocycles. The Balaban J connectivity index is 2.29. The zero-order valence-electron chi connectivity index (χ0n) is 14.8. The van der Waals surface area contributed by atoms with Crippen LogP contribution in [-0.4, -0.2) is 12.5 Å². The first-order chi connectivity index (χ1) is 12.1. The van der Waals surface area contributed by atoms with Gasteiger partial charge in [-0.05, 0) is 43.5 Å². The molecule has 0 aromatic heterocycles. The summed E-state index contributed by atoms with van der Waals surface area (Å²) >= 11 is 0. The van der Waals surface area contributed by atoms with Crippen molar-refractivity contribution < 1.29 is 9.53 Å². The lowest BCUT2D eigenvalue weighted by atomic mass is 10.1. The molecular formula is C21H22N2O2. The van der Waals surface area contributed by atoms with Crippen LogP contribution in [-0.2, 0) is 4.79 Å². The second-order valence-electron chi connectivity index (χ2n) is 5.78. The van der Waals surface area contributed by atoms with Gasteiger partial charge < -0.3 is 10.1 Å². The second kappa shape index (κ2) is 8.70. The molecule has 0 fully saturated rings. The summed E-state index contributed by atoms with van der Waals surface area (Å²) < 4.78 is 5.68. The van der Waals surface area contributed by atoms with Crippen molar-refractivity contribution in [3.63, 3.8) is 0 Å². The molecule has 0 aliphatic heterocycles. The Kier molecular flexibility index (Phi) is 6.36. The Hall–Kier alpha value is -3.06. The van der Waals surface area contributed by atoms with Crippen LogP contribution >= 0.6 is 0 Å². The summed E-state index contributed by atoms with van der Waals surface area (Å²) in [6, 6.07) is 15.1. The first kappa shape index (κ1) is 18.3. The number of rotatable bonds is 6. The average Bonchev–Trinajstić information content (AvgIpc) is 2.61. The van der Waals surface area contributed by atoms with Crippen LogP contribution < -0.4 is 10.1 Å². The molecule has 0 saturated heterocycles. The number of aryl methyl sites for hydroxylation is 2. The molecule has 0 heterocycles. The first-order valence-electron chi connectivity index (χ1n) is 8.28. The van der Waals surface area contributed by atoms with Crippen LogP contribution in [0.5, 0.6) is 5.75 Å². The van der Waals surface area contributed by atoms with Gasteiger partial charge in [-0.15, -0.1) is 0 Å². The second-order valence-corrected chi connectivity index (χ2v) is 5.78. The molecule has 128 valence electrons. The molecule has 4 nitrogen and oxygen atoms in total. The van der Waals surface area contributed by atoms with Crippen LogP contribution in [0, 0.1) is 25.2 Å². The highest BCUT2D eigenvalue weighted by atomic mass is 16.5. The number of hydrogen-bond donors (Lipinski definition) is 1. The Morgan fingerprint density at radius 3 is 2.48 bits per heavy atom. The molecule has 1 amide bonds. The molecule has 2 rings (SSSR count). The minimum Gasteiger partial charge on any atom is -0.493 e. The van der Waals surface area contributed by atoms with Crippen molar-refractivity contribution in [3.05, 3.63) is 64.7 Å². The molecule has 0 radical (unpaired) electrons. The maximum atomic E-state index is 12.5. The van der Waals surface area contributed by atoms with E-state index in [4.69, 9.17) is 4.74 Å². The van der Waals surface area contributed by atoms with Gasteiger partial charge in [-0.2, -0.15) is 5.26 Å². The van der Waals surface area contributed by atoms with Gasteiger partial charge in [0.25, 0.3) is 5.91 Å². The number of nitrogens with one attached hydrogen (secondary N) is 1. The highest BCUT2D eigenvalue weighted by Gasteiger charge is 2.13. The first-order valence-corrected chi connectivity index (χ1v) is 8.28. The van der Waals surface area contributed by atoms with Crippen LogP contribution in [0.3, 0.4) is 0 Å². The van der Waals surface area contributed by atoms with Gasteiger partial charge in [0.2, 0.25) is 0 Å². The lowest BCUT2D eigenvalue weighted by Gasteiger charge is -2.11. The molecule has 2 aromatic carbocycles. The van der Waals surface area contributed by atoms with Crippen molar-refractivity contribution in [2.45, 2.75) is 27.2 Å². The molecular weight excluding hydrogens is 312 g/mol. The smallest absolute Gasteiger partial charge is 0.266 e. The van der Waals surface area contributed by atoms with Crippen molar-refractivity contribution in [1.82, 2.24) is 0 Å². The van der Waals surface area contributed by atoms with Gasteiger partial charge in [-0.3, -0.25) is 4.79 Å². The Morgan fingerprint density at radius 1 is 1.16 bits per heavy atom. The predicted molar refractivity (Wildman–Crippen MR) is 100 cm³/mol. The van der Waals surface area contributed by atoms with Gasteiger partial charge in [-0.25, -0.2) is 0 Å². The van der Waals surface area contributed by atoms with E-state index in [1.807, 2.05) is 69.3 Å². The van der Waals surface area contributed by atoms with Crippen LogP contribution in [0.25, 0.3) is 6.08 Å². The number of amides is 1. The van der Waals surface area contributed by atoms with Crippen molar-refractivity contribution >= 4 is 17.7 Å². The van der Waals surface area contributed by atoms with Gasteiger partial charge >= 0.3 is 0 Å². The third kappa shape index (κ3) is 4.71. The van der Waals surface area contributed by atoms with E-state index in [-0.39, 0.29) is 5.57 Å². The summed E-state index contributed by atoms with van der Waals surface area (Å²) in [5, 5.41) is 12.3. The van der Waals surface area contributed by atoms with E-state index < -0.39 is 5.91 Å². The van der Waals surface area contributed by atoms with E-state index in [0.29, 0.717) is 17.9 Å². The van der Waals surface area contributed by atoms with Crippen molar-refractivity contribution in [2.75, 3.05) is 11.9 Å². The Labute approximate surface area is 148 Å². The van der Waals surface area contributed by atoms with E-state index in [1.165, 1.54) is 0 Å². The van der Waals surface area contributed by atoms with Gasteiger partial charge in [0, 0.05) is 11.3 Å². The predicted octanol–water partition coefficient (Wildman–Crippen LogP) is 4.64. The largest absolute Gasteiger partial charge is 0.493 e. The Morgan fingerprint density at radius 2 is 1.84 bits per heavy atom. The minimum absolute atomic E-state index is 0.0372. The number of para-hydroxylation sites is 2. The molecule has 1 N–H and O–H groups in total. The van der Waals surface area contributed by atoms with Crippen LogP contribution in [0.2, 0.25) is 0 Å². The highest BCUT2D eigenvalue weighted by molar-refractivity contribution is 6.10. The van der Waals surface area contributed by atoms with Crippen LogP contribution in [0.1, 0.15) is 30.0 Å². The number of carbonyl (C=O) groups excluding carboxylic acids is 1. The summed E-state index contributed by atoms with van der Waals surface area (Å²) in [5.41, 5.74) is 3.40. The summed E-state index contributed by atoms with van der Waals surface area (Å²) in [5.74, 6) is 0.238. The maximum absolute atomic E-state index is 12.5. The number of nitriles is 1. The quantitative estimate of drug-likeness (QED) is 0.618. The summed E-state index contributed by atoms with van der Waals surface area (Å²) in [7, 11) is 0. The topological polar surface area (TPSA) is 62.1 Å². The fourth-order valence-corrected chi connectivity index (χ4v) is 2.44. The zero-order chi connectivity index (χ0) is 18.2. The van der Waals surface area contributed by atoms with Gasteiger partial charge in [-0.1, -0.05) is 43.3 Å². The third-order valence-corrected chi connectivity index (χ3v) is 3.77. The van der Waals surface area contributed by atoms with E-state index in [1.54, 1.807) is 6.08 Å². The average molecular weight is 334 g/mol. The summed E-state index contributed by atoms with van der Waals surface area (Å²) in [6.07, 6.45) is 2.45. The van der Waals surface area contributed by atoms with E-state index in [9.17, 15) is 10.1 Å². The fourth-order valence-electron chi connectivity index (χ4n) is 2.44. The molecule has 0 aliphatic rings. The summed E-state index contributed by atoms with van der Waals surface area (Å²) in [6.45, 7) is 6.46. The monoisotopic (exact) mass is 334 g/mol. The number of ether oxygens (including phenoxy) is 1. The highest BCUT2D eigenvalue weighted by Crippen LogP contribution is 2.23. The van der Waals surface area contributed by atoms with Gasteiger partial charge in [0.15, 0.2) is 0 Å². The van der Waals surface area contributed by atoms with Crippen molar-refractivity contribution in [1.29, 1.82) is 5.26 Å². The number of hydrogen-bond acceptors (Lipinski definition) is 3. The molecule has 4 heteroatoms. The zero-order valence-corrected chi connectivity index (χ0v) is 14.8. The SMILES string of the molecule is CCCOc1ccccc1/C=C(\C#N)C(=O)Nc1c(C)cccc1C.